The van der Waals surface area contributed by atoms with Crippen LogP contribution in [-0.4, -0.2) is 16.1 Å². The van der Waals surface area contributed by atoms with Crippen molar-refractivity contribution in [2.75, 3.05) is 0 Å². The van der Waals surface area contributed by atoms with Crippen LogP contribution in [0.2, 0.25) is 0 Å². The fourth-order valence-corrected chi connectivity index (χ4v) is 2.42. The lowest BCUT2D eigenvalue weighted by Crippen LogP contribution is -2.15. The van der Waals surface area contributed by atoms with E-state index in [1.807, 2.05) is 0 Å². The van der Waals surface area contributed by atoms with Gasteiger partial charge in [-0.05, 0) is 42.7 Å². The summed E-state index contributed by atoms with van der Waals surface area (Å²) in [6, 6.07) is 6.86. The highest BCUT2D eigenvalue weighted by atomic mass is 79.9. The monoisotopic (exact) mass is 392 g/mol. The molecule has 2 aromatic rings. The molecule has 1 aromatic carbocycles. The normalized spacial score (nSPS) is 10.4. The van der Waals surface area contributed by atoms with Gasteiger partial charge in [0.1, 0.15) is 5.75 Å². The Kier molecular flexibility index (Phi) is 7.68. The standard InChI is InChI=1S/C18H21BrN2O3/c1-2-3-4-5-6-7-14-12-20-17(21-13-14)24-18(22)23-16-10-8-15(19)9-11-16/h8-13H,2-7H2,1H3. The SMILES string of the molecule is CCCCCCCc1cnc(OC(=O)Oc2ccc(Br)cc2)nc1. The number of nitrogens with zero attached hydrogens (tertiary/aromatic N) is 2. The molecule has 0 saturated heterocycles. The first kappa shape index (κ1) is 18.4. The average Bonchev–Trinajstić information content (AvgIpc) is 2.58. The molecule has 0 aliphatic rings. The van der Waals surface area contributed by atoms with Gasteiger partial charge in [0, 0.05) is 16.9 Å². The molecule has 1 heterocycles. The van der Waals surface area contributed by atoms with Crippen molar-refractivity contribution < 1.29 is 14.3 Å². The molecule has 0 radical (unpaired) electrons. The molecule has 5 nitrogen and oxygen atoms in total. The third-order valence-corrected chi connectivity index (χ3v) is 3.97. The number of hydrogen-bond donors (Lipinski definition) is 0. The lowest BCUT2D eigenvalue weighted by atomic mass is 10.1. The Morgan fingerprint density at radius 3 is 2.33 bits per heavy atom. The molecule has 0 spiro atoms. The zero-order valence-electron chi connectivity index (χ0n) is 13.7. The second-order valence-electron chi connectivity index (χ2n) is 5.45. The summed E-state index contributed by atoms with van der Waals surface area (Å²) in [6.07, 6.45) is 9.58. The average molecular weight is 393 g/mol. The third-order valence-electron chi connectivity index (χ3n) is 3.44. The minimum atomic E-state index is -0.857. The van der Waals surface area contributed by atoms with Gasteiger partial charge in [-0.15, -0.1) is 0 Å². The first-order valence-electron chi connectivity index (χ1n) is 8.13. The number of unbranched alkanes of at least 4 members (excludes halogenated alkanes) is 4. The summed E-state index contributed by atoms with van der Waals surface area (Å²) in [7, 11) is 0. The van der Waals surface area contributed by atoms with Crippen molar-refractivity contribution >= 4 is 22.1 Å². The number of aromatic nitrogens is 2. The summed E-state index contributed by atoms with van der Waals surface area (Å²) < 4.78 is 10.9. The van der Waals surface area contributed by atoms with E-state index in [9.17, 15) is 4.79 Å². The summed E-state index contributed by atoms with van der Waals surface area (Å²) in [4.78, 5) is 19.8. The second-order valence-corrected chi connectivity index (χ2v) is 6.36. The molecule has 0 atom stereocenters. The quantitative estimate of drug-likeness (QED) is 0.345. The van der Waals surface area contributed by atoms with Crippen molar-refractivity contribution in [1.82, 2.24) is 9.97 Å². The van der Waals surface area contributed by atoms with Gasteiger partial charge in [0.15, 0.2) is 0 Å². The number of halogens is 1. The van der Waals surface area contributed by atoms with Crippen LogP contribution in [0.25, 0.3) is 0 Å². The molecule has 0 unspecified atom stereocenters. The van der Waals surface area contributed by atoms with Crippen LogP contribution in [0.3, 0.4) is 0 Å². The lowest BCUT2D eigenvalue weighted by molar-refractivity contribution is 0.148. The van der Waals surface area contributed by atoms with Gasteiger partial charge in [-0.2, -0.15) is 0 Å². The van der Waals surface area contributed by atoms with Crippen LogP contribution in [0.4, 0.5) is 4.79 Å². The Bertz CT molecular complexity index is 630. The summed E-state index contributed by atoms with van der Waals surface area (Å²) in [5.74, 6) is 0.395. The topological polar surface area (TPSA) is 61.3 Å². The summed E-state index contributed by atoms with van der Waals surface area (Å²) in [5.41, 5.74) is 1.04. The fraction of sp³-hybridized carbons (Fsp3) is 0.389. The molecule has 0 saturated carbocycles. The summed E-state index contributed by atoms with van der Waals surface area (Å²) >= 11 is 3.31. The van der Waals surface area contributed by atoms with Crippen LogP contribution < -0.4 is 9.47 Å². The molecule has 0 amide bonds. The van der Waals surface area contributed by atoms with Crippen molar-refractivity contribution in [3.8, 4) is 11.8 Å². The number of carbonyl (C=O) groups excluding carboxylic acids is 1. The van der Waals surface area contributed by atoms with E-state index in [1.165, 1.54) is 25.7 Å². The first-order chi connectivity index (χ1) is 11.7. The maximum absolute atomic E-state index is 11.7. The van der Waals surface area contributed by atoms with Crippen LogP contribution >= 0.6 is 15.9 Å². The van der Waals surface area contributed by atoms with E-state index < -0.39 is 6.16 Å². The van der Waals surface area contributed by atoms with Gasteiger partial charge in [-0.25, -0.2) is 14.8 Å². The molecule has 6 heteroatoms. The second kappa shape index (κ2) is 10.0. The zero-order valence-corrected chi connectivity index (χ0v) is 15.3. The number of hydrogen-bond acceptors (Lipinski definition) is 5. The van der Waals surface area contributed by atoms with Gasteiger partial charge in [0.2, 0.25) is 0 Å². The zero-order chi connectivity index (χ0) is 17.2. The predicted octanol–water partition coefficient (Wildman–Crippen LogP) is 5.33. The van der Waals surface area contributed by atoms with Gasteiger partial charge in [-0.3, -0.25) is 0 Å². The summed E-state index contributed by atoms with van der Waals surface area (Å²) in [6.45, 7) is 2.20. The van der Waals surface area contributed by atoms with Crippen LogP contribution in [0.1, 0.15) is 44.6 Å². The molecule has 128 valence electrons. The number of ether oxygens (including phenoxy) is 2. The molecule has 0 fully saturated rings. The van der Waals surface area contributed by atoms with Gasteiger partial charge in [0.05, 0.1) is 0 Å². The Morgan fingerprint density at radius 2 is 1.67 bits per heavy atom. The number of aryl methyl sites for hydroxylation is 1. The number of benzene rings is 1. The van der Waals surface area contributed by atoms with Crippen LogP contribution in [0, 0.1) is 0 Å². The molecular weight excluding hydrogens is 372 g/mol. The van der Waals surface area contributed by atoms with Gasteiger partial charge >= 0.3 is 12.2 Å². The van der Waals surface area contributed by atoms with E-state index in [4.69, 9.17) is 9.47 Å². The summed E-state index contributed by atoms with van der Waals surface area (Å²) in [5, 5.41) is 0. The Morgan fingerprint density at radius 1 is 1.00 bits per heavy atom. The molecule has 1 aromatic heterocycles. The lowest BCUT2D eigenvalue weighted by Gasteiger charge is -2.05. The van der Waals surface area contributed by atoms with Crippen LogP contribution in [0.5, 0.6) is 11.8 Å². The number of carbonyl (C=O) groups is 1. The van der Waals surface area contributed by atoms with E-state index in [0.29, 0.717) is 5.75 Å². The van der Waals surface area contributed by atoms with Crippen LogP contribution in [0.15, 0.2) is 41.1 Å². The van der Waals surface area contributed by atoms with E-state index in [1.54, 1.807) is 36.7 Å². The largest absolute Gasteiger partial charge is 0.521 e. The van der Waals surface area contributed by atoms with E-state index in [0.717, 1.165) is 22.9 Å². The van der Waals surface area contributed by atoms with Crippen LogP contribution in [-0.2, 0) is 6.42 Å². The van der Waals surface area contributed by atoms with Crippen molar-refractivity contribution in [2.45, 2.75) is 45.4 Å². The van der Waals surface area contributed by atoms with Crippen molar-refractivity contribution in [3.05, 3.63) is 46.7 Å². The van der Waals surface area contributed by atoms with E-state index in [2.05, 4.69) is 32.8 Å². The Labute approximate surface area is 150 Å². The highest BCUT2D eigenvalue weighted by Crippen LogP contribution is 2.17. The highest BCUT2D eigenvalue weighted by molar-refractivity contribution is 9.10. The molecule has 0 aliphatic carbocycles. The molecule has 0 aliphatic heterocycles. The van der Waals surface area contributed by atoms with Gasteiger partial charge in [0.25, 0.3) is 0 Å². The Hall–Kier alpha value is -1.95. The van der Waals surface area contributed by atoms with Crippen molar-refractivity contribution in [2.24, 2.45) is 0 Å². The molecule has 24 heavy (non-hydrogen) atoms. The van der Waals surface area contributed by atoms with Crippen molar-refractivity contribution in [3.63, 3.8) is 0 Å². The smallest absolute Gasteiger partial charge is 0.395 e. The van der Waals surface area contributed by atoms with Gasteiger partial charge < -0.3 is 9.47 Å². The maximum atomic E-state index is 11.7. The maximum Gasteiger partial charge on any atom is 0.521 e. The molecular formula is C18H21BrN2O3. The predicted molar refractivity (Wildman–Crippen MR) is 95.3 cm³/mol. The third kappa shape index (κ3) is 6.66. The molecule has 0 N–H and O–H groups in total. The van der Waals surface area contributed by atoms with Crippen molar-refractivity contribution in [1.29, 1.82) is 0 Å². The first-order valence-corrected chi connectivity index (χ1v) is 8.93. The minimum Gasteiger partial charge on any atom is -0.395 e. The molecule has 0 bridgehead atoms. The van der Waals surface area contributed by atoms with E-state index >= 15 is 0 Å². The molecule has 2 rings (SSSR count). The van der Waals surface area contributed by atoms with E-state index in [-0.39, 0.29) is 6.01 Å². The number of rotatable bonds is 8. The highest BCUT2D eigenvalue weighted by Gasteiger charge is 2.10. The fourth-order valence-electron chi connectivity index (χ4n) is 2.15. The Balaban J connectivity index is 1.76. The minimum absolute atomic E-state index is 0.00755. The van der Waals surface area contributed by atoms with Gasteiger partial charge in [-0.1, -0.05) is 48.5 Å².